The molecule has 0 aliphatic carbocycles. The van der Waals surface area contributed by atoms with E-state index < -0.39 is 0 Å². The first-order chi connectivity index (χ1) is 8.30. The molecule has 0 atom stereocenters. The molecule has 1 rings (SSSR count). The lowest BCUT2D eigenvalue weighted by Gasteiger charge is -2.20. The maximum atomic E-state index is 8.96. The number of nitrogens with zero attached hydrogens (tertiary/aromatic N) is 1. The van der Waals surface area contributed by atoms with Crippen LogP contribution in [0.25, 0.3) is 0 Å². The van der Waals surface area contributed by atoms with Crippen LogP contribution in [0.1, 0.15) is 51.1 Å². The number of furan rings is 1. The summed E-state index contributed by atoms with van der Waals surface area (Å²) in [6.07, 6.45) is 4.92. The zero-order valence-electron chi connectivity index (χ0n) is 11.1. The van der Waals surface area contributed by atoms with E-state index in [0.717, 1.165) is 25.4 Å². The first kappa shape index (κ1) is 14.3. The summed E-state index contributed by atoms with van der Waals surface area (Å²) >= 11 is 0. The van der Waals surface area contributed by atoms with E-state index in [1.165, 1.54) is 25.7 Å². The fourth-order valence-electron chi connectivity index (χ4n) is 1.85. The largest absolute Gasteiger partial charge is 0.462 e. The van der Waals surface area contributed by atoms with Crippen molar-refractivity contribution in [1.82, 2.24) is 4.90 Å². The van der Waals surface area contributed by atoms with Crippen molar-refractivity contribution in [2.45, 2.75) is 52.7 Å². The summed E-state index contributed by atoms with van der Waals surface area (Å²) in [6.45, 7) is 7.55. The van der Waals surface area contributed by atoms with Crippen molar-refractivity contribution in [2.24, 2.45) is 0 Å². The minimum Gasteiger partial charge on any atom is -0.462 e. The smallest absolute Gasteiger partial charge is 0.129 e. The number of hydrogen-bond donors (Lipinski definition) is 1. The van der Waals surface area contributed by atoms with E-state index in [2.05, 4.69) is 18.7 Å². The molecule has 3 heteroatoms. The Labute approximate surface area is 104 Å². The van der Waals surface area contributed by atoms with Gasteiger partial charge in [0.15, 0.2) is 0 Å². The Morgan fingerprint density at radius 2 is 1.65 bits per heavy atom. The molecule has 0 amide bonds. The summed E-state index contributed by atoms with van der Waals surface area (Å²) in [5.41, 5.74) is 0. The molecule has 17 heavy (non-hydrogen) atoms. The highest BCUT2D eigenvalue weighted by Gasteiger charge is 2.08. The zero-order chi connectivity index (χ0) is 12.5. The summed E-state index contributed by atoms with van der Waals surface area (Å²) < 4.78 is 5.53. The number of unbranched alkanes of at least 4 members (excludes halogenated alkanes) is 2. The third kappa shape index (κ3) is 5.37. The Morgan fingerprint density at radius 1 is 1.06 bits per heavy atom. The Bertz CT molecular complexity index is 288. The van der Waals surface area contributed by atoms with E-state index in [4.69, 9.17) is 9.52 Å². The van der Waals surface area contributed by atoms with Gasteiger partial charge in [-0.05, 0) is 38.1 Å². The maximum absolute atomic E-state index is 8.96. The van der Waals surface area contributed by atoms with Crippen molar-refractivity contribution >= 4 is 0 Å². The highest BCUT2D eigenvalue weighted by atomic mass is 16.4. The van der Waals surface area contributed by atoms with E-state index in [0.29, 0.717) is 5.76 Å². The molecule has 0 aliphatic heterocycles. The minimum atomic E-state index is -0.0100. The highest BCUT2D eigenvalue weighted by Crippen LogP contribution is 2.12. The summed E-state index contributed by atoms with van der Waals surface area (Å²) in [5.74, 6) is 1.62. The van der Waals surface area contributed by atoms with Crippen molar-refractivity contribution < 1.29 is 9.52 Å². The second kappa shape index (κ2) is 8.31. The van der Waals surface area contributed by atoms with E-state index in [1.54, 1.807) is 0 Å². The molecule has 1 N–H and O–H groups in total. The predicted molar refractivity (Wildman–Crippen MR) is 69.7 cm³/mol. The first-order valence-corrected chi connectivity index (χ1v) is 6.71. The molecule has 0 saturated carbocycles. The second-order valence-electron chi connectivity index (χ2n) is 4.51. The molecule has 98 valence electrons. The lowest BCUT2D eigenvalue weighted by Crippen LogP contribution is -2.25. The third-order valence-corrected chi connectivity index (χ3v) is 2.91. The molecule has 0 radical (unpaired) electrons. The topological polar surface area (TPSA) is 36.6 Å². The minimum absolute atomic E-state index is 0.0100. The van der Waals surface area contributed by atoms with Crippen LogP contribution in [-0.2, 0) is 13.2 Å². The predicted octanol–water partition coefficient (Wildman–Crippen LogP) is 3.17. The Morgan fingerprint density at radius 3 is 2.12 bits per heavy atom. The molecule has 0 bridgehead atoms. The van der Waals surface area contributed by atoms with Gasteiger partial charge in [0.25, 0.3) is 0 Å². The molecule has 0 saturated heterocycles. The molecule has 0 fully saturated rings. The molecular formula is C14H25NO2. The van der Waals surface area contributed by atoms with Gasteiger partial charge in [-0.2, -0.15) is 0 Å². The standard InChI is InChI=1S/C14H25NO2/c1-3-5-9-15(10-6-4-2)11-13-7-8-14(12-16)17-13/h7-8,16H,3-6,9-12H2,1-2H3. The van der Waals surface area contributed by atoms with Crippen molar-refractivity contribution in [1.29, 1.82) is 0 Å². The molecule has 0 aliphatic rings. The van der Waals surface area contributed by atoms with Gasteiger partial charge in [-0.25, -0.2) is 0 Å². The molecule has 3 nitrogen and oxygen atoms in total. The van der Waals surface area contributed by atoms with Crippen molar-refractivity contribution in [3.8, 4) is 0 Å². The third-order valence-electron chi connectivity index (χ3n) is 2.91. The van der Waals surface area contributed by atoms with Crippen LogP contribution < -0.4 is 0 Å². The van der Waals surface area contributed by atoms with E-state index in [9.17, 15) is 0 Å². The number of rotatable bonds is 9. The van der Waals surface area contributed by atoms with E-state index in [-0.39, 0.29) is 6.61 Å². The number of aliphatic hydroxyl groups excluding tert-OH is 1. The summed E-state index contributed by atoms with van der Waals surface area (Å²) in [7, 11) is 0. The van der Waals surface area contributed by atoms with Gasteiger partial charge in [0, 0.05) is 0 Å². The van der Waals surface area contributed by atoms with Gasteiger partial charge in [0.1, 0.15) is 18.1 Å². The highest BCUT2D eigenvalue weighted by molar-refractivity contribution is 5.06. The van der Waals surface area contributed by atoms with Gasteiger partial charge in [0.2, 0.25) is 0 Å². The Kier molecular flexibility index (Phi) is 6.97. The quantitative estimate of drug-likeness (QED) is 0.719. The normalized spacial score (nSPS) is 11.3. The monoisotopic (exact) mass is 239 g/mol. The van der Waals surface area contributed by atoms with Crippen molar-refractivity contribution in [3.05, 3.63) is 23.7 Å². The molecular weight excluding hydrogens is 214 g/mol. The van der Waals surface area contributed by atoms with Crippen molar-refractivity contribution in [2.75, 3.05) is 13.1 Å². The average molecular weight is 239 g/mol. The molecule has 0 unspecified atom stereocenters. The maximum Gasteiger partial charge on any atom is 0.129 e. The fourth-order valence-corrected chi connectivity index (χ4v) is 1.85. The number of hydrogen-bond acceptors (Lipinski definition) is 3. The summed E-state index contributed by atoms with van der Waals surface area (Å²) in [5, 5.41) is 8.96. The molecule has 1 aromatic heterocycles. The van der Waals surface area contributed by atoms with Gasteiger partial charge in [-0.15, -0.1) is 0 Å². The Balaban J connectivity index is 2.45. The zero-order valence-corrected chi connectivity index (χ0v) is 11.1. The van der Waals surface area contributed by atoms with Crippen molar-refractivity contribution in [3.63, 3.8) is 0 Å². The van der Waals surface area contributed by atoms with Gasteiger partial charge < -0.3 is 9.52 Å². The van der Waals surface area contributed by atoms with Gasteiger partial charge in [0.05, 0.1) is 6.54 Å². The van der Waals surface area contributed by atoms with E-state index in [1.807, 2.05) is 12.1 Å². The Hall–Kier alpha value is -0.800. The molecule has 0 spiro atoms. The second-order valence-corrected chi connectivity index (χ2v) is 4.51. The van der Waals surface area contributed by atoms with Crippen LogP contribution in [0.4, 0.5) is 0 Å². The van der Waals surface area contributed by atoms with Gasteiger partial charge >= 0.3 is 0 Å². The van der Waals surface area contributed by atoms with Crippen LogP contribution in [0.15, 0.2) is 16.5 Å². The average Bonchev–Trinajstić information content (AvgIpc) is 2.80. The molecule has 1 aromatic rings. The van der Waals surface area contributed by atoms with Crippen LogP contribution in [-0.4, -0.2) is 23.1 Å². The van der Waals surface area contributed by atoms with Crippen LogP contribution in [0.3, 0.4) is 0 Å². The summed E-state index contributed by atoms with van der Waals surface area (Å²) in [6, 6.07) is 3.82. The van der Waals surface area contributed by atoms with Gasteiger partial charge in [-0.3, -0.25) is 4.90 Å². The first-order valence-electron chi connectivity index (χ1n) is 6.71. The van der Waals surface area contributed by atoms with Crippen LogP contribution >= 0.6 is 0 Å². The van der Waals surface area contributed by atoms with Gasteiger partial charge in [-0.1, -0.05) is 26.7 Å². The molecule has 0 aromatic carbocycles. The van der Waals surface area contributed by atoms with Crippen LogP contribution in [0.5, 0.6) is 0 Å². The van der Waals surface area contributed by atoms with Crippen LogP contribution in [0.2, 0.25) is 0 Å². The molecule has 1 heterocycles. The lowest BCUT2D eigenvalue weighted by atomic mass is 10.2. The lowest BCUT2D eigenvalue weighted by molar-refractivity contribution is 0.215. The van der Waals surface area contributed by atoms with E-state index >= 15 is 0 Å². The summed E-state index contributed by atoms with van der Waals surface area (Å²) in [4.78, 5) is 2.44. The van der Waals surface area contributed by atoms with Crippen LogP contribution in [0, 0.1) is 0 Å². The fraction of sp³-hybridized carbons (Fsp3) is 0.714. The number of aliphatic hydroxyl groups is 1. The SMILES string of the molecule is CCCCN(CCCC)Cc1ccc(CO)o1.